The van der Waals surface area contributed by atoms with Crippen molar-refractivity contribution in [1.29, 1.82) is 0 Å². The Balaban J connectivity index is 1.48. The summed E-state index contributed by atoms with van der Waals surface area (Å²) in [5.41, 5.74) is 2.23. The zero-order valence-electron chi connectivity index (χ0n) is 15.3. The van der Waals surface area contributed by atoms with Gasteiger partial charge in [0.05, 0.1) is 4.90 Å². The molecule has 146 valence electrons. The number of hydrogen-bond donors (Lipinski definition) is 1. The van der Waals surface area contributed by atoms with Crippen LogP contribution in [0.3, 0.4) is 0 Å². The number of sulfonamides is 1. The van der Waals surface area contributed by atoms with Crippen LogP contribution in [0.1, 0.15) is 17.7 Å². The molecular formula is C20H20N2O5S. The second-order valence-electron chi connectivity index (χ2n) is 6.02. The quantitative estimate of drug-likeness (QED) is 0.584. The maximum atomic E-state index is 12.0. The lowest BCUT2D eigenvalue weighted by Crippen LogP contribution is -2.18. The number of carbonyl (C=O) groups excluding carboxylic acids is 1. The molecule has 0 aliphatic rings. The first-order chi connectivity index (χ1) is 13.5. The van der Waals surface area contributed by atoms with E-state index in [4.69, 9.17) is 9.15 Å². The molecule has 3 aromatic rings. The third-order valence-electron chi connectivity index (χ3n) is 4.07. The van der Waals surface area contributed by atoms with E-state index in [1.54, 1.807) is 12.1 Å². The first kappa shape index (κ1) is 19.8. The molecule has 0 amide bonds. The fourth-order valence-electron chi connectivity index (χ4n) is 2.51. The average Bonchev–Trinajstić information content (AvgIpc) is 3.21. The van der Waals surface area contributed by atoms with Gasteiger partial charge in [-0.3, -0.25) is 4.79 Å². The molecule has 8 heteroatoms. The number of aryl methyl sites for hydroxylation is 1. The van der Waals surface area contributed by atoms with Crippen LogP contribution in [0.5, 0.6) is 0 Å². The molecule has 0 saturated carbocycles. The number of hydrogen-bond acceptors (Lipinski definition) is 6. The molecule has 0 atom stereocenters. The van der Waals surface area contributed by atoms with Crippen LogP contribution in [0.4, 0.5) is 0 Å². The van der Waals surface area contributed by atoms with Crippen molar-refractivity contribution in [3.05, 3.63) is 72.1 Å². The molecule has 2 aromatic carbocycles. The van der Waals surface area contributed by atoms with Gasteiger partial charge in [-0.15, -0.1) is 0 Å². The lowest BCUT2D eigenvalue weighted by Gasteiger charge is -2.05. The minimum atomic E-state index is -3.46. The highest BCUT2D eigenvalue weighted by atomic mass is 32.2. The predicted molar refractivity (Wildman–Crippen MR) is 103 cm³/mol. The van der Waals surface area contributed by atoms with Gasteiger partial charge in [0, 0.05) is 12.0 Å². The third kappa shape index (κ3) is 5.05. The van der Waals surface area contributed by atoms with E-state index in [1.807, 2.05) is 30.3 Å². The first-order valence-electron chi connectivity index (χ1n) is 8.66. The molecule has 1 aromatic heterocycles. The van der Waals surface area contributed by atoms with Crippen molar-refractivity contribution in [3.8, 4) is 11.5 Å². The SMILES string of the molecule is CNS(=O)(=O)c1ccc(CCC(=O)OCc2coc(-c3ccccc3)n2)cc1. The van der Waals surface area contributed by atoms with Gasteiger partial charge in [-0.2, -0.15) is 0 Å². The van der Waals surface area contributed by atoms with E-state index in [2.05, 4.69) is 9.71 Å². The number of ether oxygens (including phenoxy) is 1. The van der Waals surface area contributed by atoms with Crippen molar-refractivity contribution in [2.75, 3.05) is 7.05 Å². The van der Waals surface area contributed by atoms with Gasteiger partial charge >= 0.3 is 5.97 Å². The molecule has 1 heterocycles. The Hall–Kier alpha value is -2.97. The normalized spacial score (nSPS) is 11.3. The van der Waals surface area contributed by atoms with E-state index in [1.165, 1.54) is 25.4 Å². The van der Waals surface area contributed by atoms with Gasteiger partial charge in [0.15, 0.2) is 0 Å². The number of nitrogens with one attached hydrogen (secondary N) is 1. The highest BCUT2D eigenvalue weighted by Gasteiger charge is 2.12. The fraction of sp³-hybridized carbons (Fsp3) is 0.200. The molecule has 0 aliphatic carbocycles. The van der Waals surface area contributed by atoms with Crippen LogP contribution in [-0.2, 0) is 32.6 Å². The first-order valence-corrected chi connectivity index (χ1v) is 10.1. The van der Waals surface area contributed by atoms with Gasteiger partial charge in [-0.05, 0) is 43.3 Å². The number of nitrogens with zero attached hydrogens (tertiary/aromatic N) is 1. The minimum absolute atomic E-state index is 0.0362. The van der Waals surface area contributed by atoms with E-state index in [9.17, 15) is 13.2 Å². The summed E-state index contributed by atoms with van der Waals surface area (Å²) in [6.45, 7) is 0.0362. The Kier molecular flexibility index (Phi) is 6.23. The topological polar surface area (TPSA) is 98.5 Å². The molecule has 3 rings (SSSR count). The summed E-state index contributed by atoms with van der Waals surface area (Å²) in [5, 5.41) is 0. The summed E-state index contributed by atoms with van der Waals surface area (Å²) in [6, 6.07) is 15.8. The average molecular weight is 400 g/mol. The Labute approximate surface area is 163 Å². The van der Waals surface area contributed by atoms with Crippen LogP contribution in [0.25, 0.3) is 11.5 Å². The molecule has 0 saturated heterocycles. The monoisotopic (exact) mass is 400 g/mol. The van der Waals surface area contributed by atoms with Crippen molar-refractivity contribution in [2.45, 2.75) is 24.3 Å². The van der Waals surface area contributed by atoms with Crippen molar-refractivity contribution in [3.63, 3.8) is 0 Å². The number of esters is 1. The van der Waals surface area contributed by atoms with Gasteiger partial charge in [0.25, 0.3) is 0 Å². The highest BCUT2D eigenvalue weighted by Crippen LogP contribution is 2.18. The molecule has 0 fully saturated rings. The summed E-state index contributed by atoms with van der Waals surface area (Å²) in [4.78, 5) is 16.4. The molecule has 0 radical (unpaired) electrons. The second-order valence-corrected chi connectivity index (χ2v) is 7.91. The van der Waals surface area contributed by atoms with Crippen LogP contribution >= 0.6 is 0 Å². The number of carbonyl (C=O) groups is 1. The van der Waals surface area contributed by atoms with E-state index in [-0.39, 0.29) is 23.9 Å². The molecule has 0 spiro atoms. The fourth-order valence-corrected chi connectivity index (χ4v) is 3.24. The van der Waals surface area contributed by atoms with Crippen molar-refractivity contribution >= 4 is 16.0 Å². The second kappa shape index (κ2) is 8.81. The Morgan fingerprint density at radius 1 is 1.11 bits per heavy atom. The Bertz CT molecular complexity index is 1030. The van der Waals surface area contributed by atoms with Gasteiger partial charge in [-0.1, -0.05) is 30.3 Å². The van der Waals surface area contributed by atoms with Crippen molar-refractivity contribution in [1.82, 2.24) is 9.71 Å². The number of oxazole rings is 1. The highest BCUT2D eigenvalue weighted by molar-refractivity contribution is 7.89. The van der Waals surface area contributed by atoms with E-state index in [0.717, 1.165) is 11.1 Å². The zero-order chi connectivity index (χ0) is 20.0. The number of aromatic nitrogens is 1. The number of benzene rings is 2. The molecular weight excluding hydrogens is 380 g/mol. The summed E-state index contributed by atoms with van der Waals surface area (Å²) < 4.78 is 36.3. The lowest BCUT2D eigenvalue weighted by atomic mass is 10.1. The van der Waals surface area contributed by atoms with Crippen LogP contribution in [0.15, 0.2) is 70.2 Å². The largest absolute Gasteiger partial charge is 0.459 e. The van der Waals surface area contributed by atoms with Crippen molar-refractivity contribution < 1.29 is 22.4 Å². The summed E-state index contributed by atoms with van der Waals surface area (Å²) in [5.74, 6) is 0.111. The smallest absolute Gasteiger partial charge is 0.306 e. The van der Waals surface area contributed by atoms with Crippen LogP contribution < -0.4 is 4.72 Å². The maximum absolute atomic E-state index is 12.0. The lowest BCUT2D eigenvalue weighted by molar-refractivity contribution is -0.145. The maximum Gasteiger partial charge on any atom is 0.306 e. The third-order valence-corrected chi connectivity index (χ3v) is 5.50. The van der Waals surface area contributed by atoms with Gasteiger partial charge in [-0.25, -0.2) is 18.1 Å². The van der Waals surface area contributed by atoms with E-state index < -0.39 is 10.0 Å². The van der Waals surface area contributed by atoms with Crippen LogP contribution in [0, 0.1) is 0 Å². The summed E-state index contributed by atoms with van der Waals surface area (Å²) in [7, 11) is -2.10. The standard InChI is InChI=1S/C20H20N2O5S/c1-21-28(24,25)18-10-7-15(8-11-18)9-12-19(23)26-13-17-14-27-20(22-17)16-5-3-2-4-6-16/h2-8,10-11,14,21H,9,12-13H2,1H3. The zero-order valence-corrected chi connectivity index (χ0v) is 16.1. The molecule has 1 N–H and O–H groups in total. The summed E-state index contributed by atoms with van der Waals surface area (Å²) in [6.07, 6.45) is 2.10. The molecule has 0 unspecified atom stereocenters. The van der Waals surface area contributed by atoms with Crippen LogP contribution in [0.2, 0.25) is 0 Å². The van der Waals surface area contributed by atoms with E-state index in [0.29, 0.717) is 18.0 Å². The molecule has 28 heavy (non-hydrogen) atoms. The predicted octanol–water partition coefficient (Wildman–Crippen LogP) is 2.93. The minimum Gasteiger partial charge on any atom is -0.459 e. The van der Waals surface area contributed by atoms with Crippen molar-refractivity contribution in [2.24, 2.45) is 0 Å². The molecule has 0 bridgehead atoms. The van der Waals surface area contributed by atoms with Gasteiger partial charge in [0.1, 0.15) is 18.6 Å². The van der Waals surface area contributed by atoms with E-state index >= 15 is 0 Å². The Morgan fingerprint density at radius 3 is 2.50 bits per heavy atom. The summed E-state index contributed by atoms with van der Waals surface area (Å²) >= 11 is 0. The van der Waals surface area contributed by atoms with Crippen LogP contribution in [-0.4, -0.2) is 26.4 Å². The molecule has 7 nitrogen and oxygen atoms in total. The molecule has 0 aliphatic heterocycles. The Morgan fingerprint density at radius 2 is 1.82 bits per heavy atom. The number of rotatable bonds is 8. The van der Waals surface area contributed by atoms with Gasteiger partial charge in [0.2, 0.25) is 15.9 Å². The van der Waals surface area contributed by atoms with Gasteiger partial charge < -0.3 is 9.15 Å².